The Labute approximate surface area is 107 Å². The molecule has 0 saturated carbocycles. The van der Waals surface area contributed by atoms with E-state index in [9.17, 15) is 0 Å². The van der Waals surface area contributed by atoms with Crippen LogP contribution < -0.4 is 24.8 Å². The highest BCUT2D eigenvalue weighted by atomic mass is 35.5. The maximum absolute atomic E-state index is 8.87. The first-order valence-electron chi connectivity index (χ1n) is 5.08. The van der Waals surface area contributed by atoms with Gasteiger partial charge in [-0.2, -0.15) is 0 Å². The molecule has 0 aliphatic heterocycles. The Morgan fingerprint density at radius 2 is 1.20 bits per heavy atom. The summed E-state index contributed by atoms with van der Waals surface area (Å²) in [4.78, 5) is 0. The Morgan fingerprint density at radius 1 is 0.800 bits per heavy atom. The van der Waals surface area contributed by atoms with E-state index in [2.05, 4.69) is 35.1 Å². The zero-order chi connectivity index (χ0) is 10.5. The fourth-order valence-corrected chi connectivity index (χ4v) is 1.08. The van der Waals surface area contributed by atoms with Crippen LogP contribution in [0.1, 0.15) is 6.92 Å². The molecule has 0 atom stereocenters. The summed E-state index contributed by atoms with van der Waals surface area (Å²) in [5, 5.41) is 8.87. The quantitative estimate of drug-likeness (QED) is 0.472. The van der Waals surface area contributed by atoms with Crippen LogP contribution in [0, 0.1) is 0 Å². The Balaban J connectivity index is -0.000000720. The lowest BCUT2D eigenvalue weighted by Crippen LogP contribution is -3.00. The van der Waals surface area contributed by atoms with Gasteiger partial charge in [-0.15, -0.1) is 0 Å². The molecule has 0 rings (SSSR count). The van der Waals surface area contributed by atoms with E-state index in [0.717, 1.165) is 22.1 Å². The van der Waals surface area contributed by atoms with Gasteiger partial charge in [0.05, 0.1) is 41.3 Å². The Kier molecular flexibility index (Phi) is 11.9. The lowest BCUT2D eigenvalue weighted by molar-refractivity contribution is -0.945. The van der Waals surface area contributed by atoms with Gasteiger partial charge >= 0.3 is 0 Å². The highest BCUT2D eigenvalue weighted by Gasteiger charge is 2.20. The van der Waals surface area contributed by atoms with Gasteiger partial charge in [-0.1, -0.05) is 0 Å². The third-order valence-electron chi connectivity index (χ3n) is 2.87. The van der Waals surface area contributed by atoms with Crippen LogP contribution in [0.25, 0.3) is 0 Å². The van der Waals surface area contributed by atoms with Gasteiger partial charge < -0.3 is 38.9 Å². The van der Waals surface area contributed by atoms with Crippen LogP contribution in [-0.4, -0.2) is 75.0 Å². The molecule has 0 fully saturated rings. The van der Waals surface area contributed by atoms with Gasteiger partial charge in [0.2, 0.25) is 0 Å². The summed E-state index contributed by atoms with van der Waals surface area (Å²) >= 11 is 0. The summed E-state index contributed by atoms with van der Waals surface area (Å²) in [5.74, 6) is 0. The first-order chi connectivity index (χ1) is 5.83. The molecule has 0 spiro atoms. The normalized spacial score (nSPS) is 11.6. The Morgan fingerprint density at radius 3 is 1.53 bits per heavy atom. The van der Waals surface area contributed by atoms with E-state index >= 15 is 0 Å². The van der Waals surface area contributed by atoms with Crippen LogP contribution >= 0.6 is 0 Å². The summed E-state index contributed by atoms with van der Waals surface area (Å²) in [7, 11) is 8.84. The standard InChI is InChI=1S/C10H26N2O.2ClH/c1-6-11(2,3)7-8-12(4,5)9-10-13;;/h13H,6-10H2,1-5H3;2*1H/q+2;;/p-2. The number of quaternary nitrogens is 2. The lowest BCUT2D eigenvalue weighted by atomic mass is 10.3. The van der Waals surface area contributed by atoms with Crippen molar-refractivity contribution in [3.63, 3.8) is 0 Å². The molecule has 0 aromatic rings. The molecule has 5 heteroatoms. The second-order valence-electron chi connectivity index (χ2n) is 5.08. The third kappa shape index (κ3) is 10.7. The first-order valence-corrected chi connectivity index (χ1v) is 5.08. The molecule has 0 unspecified atom stereocenters. The molecule has 3 nitrogen and oxygen atoms in total. The van der Waals surface area contributed by atoms with Crippen LogP contribution in [0.5, 0.6) is 0 Å². The Hall–Kier alpha value is 0.460. The van der Waals surface area contributed by atoms with Crippen molar-refractivity contribution in [1.82, 2.24) is 0 Å². The van der Waals surface area contributed by atoms with Gasteiger partial charge in [0.25, 0.3) is 0 Å². The van der Waals surface area contributed by atoms with Crippen molar-refractivity contribution in [2.24, 2.45) is 0 Å². The van der Waals surface area contributed by atoms with E-state index < -0.39 is 0 Å². The molecular weight excluding hydrogens is 235 g/mol. The minimum absolute atomic E-state index is 0. The fraction of sp³-hybridized carbons (Fsp3) is 1.00. The monoisotopic (exact) mass is 260 g/mol. The number of rotatable bonds is 6. The van der Waals surface area contributed by atoms with Gasteiger partial charge in [0, 0.05) is 0 Å². The molecule has 0 aliphatic carbocycles. The number of likely N-dealkylation sites (N-methyl/N-ethyl adjacent to an activating group) is 2. The second kappa shape index (κ2) is 8.59. The molecule has 1 N–H and O–H groups in total. The SMILES string of the molecule is CC[N+](C)(C)CC[N+](C)(C)CCO.[Cl-].[Cl-]. The summed E-state index contributed by atoms with van der Waals surface area (Å²) in [6.45, 7) is 6.81. The van der Waals surface area contributed by atoms with Crippen LogP contribution in [0.15, 0.2) is 0 Å². The molecule has 0 bridgehead atoms. The van der Waals surface area contributed by atoms with Gasteiger partial charge in [0.15, 0.2) is 0 Å². The third-order valence-corrected chi connectivity index (χ3v) is 2.87. The average molecular weight is 261 g/mol. The minimum atomic E-state index is 0. The van der Waals surface area contributed by atoms with E-state index in [0.29, 0.717) is 0 Å². The van der Waals surface area contributed by atoms with Crippen molar-refractivity contribution in [1.29, 1.82) is 0 Å². The topological polar surface area (TPSA) is 20.2 Å². The zero-order valence-corrected chi connectivity index (χ0v) is 12.1. The smallest absolute Gasteiger partial charge is 0.128 e. The van der Waals surface area contributed by atoms with Crippen LogP contribution in [0.4, 0.5) is 0 Å². The number of hydrogen-bond donors (Lipinski definition) is 1. The lowest BCUT2D eigenvalue weighted by Gasteiger charge is -2.34. The molecule has 0 heterocycles. The number of nitrogens with zero attached hydrogens (tertiary/aromatic N) is 2. The first kappa shape index (κ1) is 20.8. The number of aliphatic hydroxyl groups is 1. The van der Waals surface area contributed by atoms with E-state index in [4.69, 9.17) is 5.11 Å². The Bertz CT molecular complexity index is 152. The van der Waals surface area contributed by atoms with Crippen molar-refractivity contribution in [3.8, 4) is 0 Å². The largest absolute Gasteiger partial charge is 1.00 e. The summed E-state index contributed by atoms with van der Waals surface area (Å²) < 4.78 is 1.98. The highest BCUT2D eigenvalue weighted by Crippen LogP contribution is 2.01. The van der Waals surface area contributed by atoms with Crippen molar-refractivity contribution < 1.29 is 38.9 Å². The minimum Gasteiger partial charge on any atom is -1.00 e. The molecule has 0 saturated heterocycles. The van der Waals surface area contributed by atoms with Gasteiger partial charge in [-0.3, -0.25) is 0 Å². The van der Waals surface area contributed by atoms with Crippen LogP contribution in [0.2, 0.25) is 0 Å². The highest BCUT2D eigenvalue weighted by molar-refractivity contribution is 4.35. The van der Waals surface area contributed by atoms with Crippen molar-refractivity contribution in [2.45, 2.75) is 6.92 Å². The summed E-state index contributed by atoms with van der Waals surface area (Å²) in [6, 6.07) is 0. The van der Waals surface area contributed by atoms with Crippen molar-refractivity contribution in [2.75, 3.05) is 61.0 Å². The second-order valence-corrected chi connectivity index (χ2v) is 5.08. The molecule has 0 radical (unpaired) electrons. The molecule has 15 heavy (non-hydrogen) atoms. The van der Waals surface area contributed by atoms with E-state index in [1.807, 2.05) is 0 Å². The molecule has 96 valence electrons. The zero-order valence-electron chi connectivity index (χ0n) is 10.6. The number of halogens is 2. The predicted octanol–water partition coefficient (Wildman–Crippen LogP) is -5.84. The van der Waals surface area contributed by atoms with Crippen LogP contribution in [0.3, 0.4) is 0 Å². The number of aliphatic hydroxyl groups excluding tert-OH is 1. The summed E-state index contributed by atoms with van der Waals surface area (Å²) in [6.07, 6.45) is 0. The molecular formula is C10H26Cl2N2O. The molecule has 0 amide bonds. The van der Waals surface area contributed by atoms with Crippen molar-refractivity contribution >= 4 is 0 Å². The van der Waals surface area contributed by atoms with Gasteiger partial charge in [-0.05, 0) is 6.92 Å². The van der Waals surface area contributed by atoms with Gasteiger partial charge in [0.1, 0.15) is 19.6 Å². The molecule has 0 aromatic carbocycles. The van der Waals surface area contributed by atoms with Crippen molar-refractivity contribution in [3.05, 3.63) is 0 Å². The van der Waals surface area contributed by atoms with Gasteiger partial charge in [-0.25, -0.2) is 0 Å². The maximum atomic E-state index is 8.87. The molecule has 0 aliphatic rings. The molecule has 0 aromatic heterocycles. The van der Waals surface area contributed by atoms with E-state index in [1.165, 1.54) is 13.1 Å². The predicted molar refractivity (Wildman–Crippen MR) is 56.4 cm³/mol. The summed E-state index contributed by atoms with van der Waals surface area (Å²) in [5.41, 5.74) is 0. The van der Waals surface area contributed by atoms with E-state index in [1.54, 1.807) is 0 Å². The van der Waals surface area contributed by atoms with E-state index in [-0.39, 0.29) is 31.4 Å². The maximum Gasteiger partial charge on any atom is 0.128 e. The average Bonchev–Trinajstić information content (AvgIpc) is 2.02. The van der Waals surface area contributed by atoms with Crippen LogP contribution in [-0.2, 0) is 0 Å². The number of hydrogen-bond acceptors (Lipinski definition) is 1. The fourth-order valence-electron chi connectivity index (χ4n) is 1.08.